The molecular formula is C13H18OS. The first-order chi connectivity index (χ1) is 7.33. The van der Waals surface area contributed by atoms with E-state index in [4.69, 9.17) is 0 Å². The van der Waals surface area contributed by atoms with Crippen LogP contribution in [0.2, 0.25) is 0 Å². The van der Waals surface area contributed by atoms with Gasteiger partial charge in [-0.2, -0.15) is 0 Å². The van der Waals surface area contributed by atoms with Gasteiger partial charge in [-0.05, 0) is 36.3 Å². The summed E-state index contributed by atoms with van der Waals surface area (Å²) in [6.07, 6.45) is 7.00. The molecule has 1 aliphatic carbocycles. The van der Waals surface area contributed by atoms with Crippen LogP contribution in [0.25, 0.3) is 0 Å². The molecule has 0 bridgehead atoms. The van der Waals surface area contributed by atoms with Crippen molar-refractivity contribution in [2.75, 3.05) is 0 Å². The zero-order valence-corrected chi connectivity index (χ0v) is 10.1. The average molecular weight is 222 g/mol. The van der Waals surface area contributed by atoms with E-state index in [1.807, 2.05) is 0 Å². The molecule has 0 radical (unpaired) electrons. The lowest BCUT2D eigenvalue weighted by Gasteiger charge is -2.20. The number of carbonyl (C=O) groups is 1. The highest BCUT2D eigenvalue weighted by atomic mass is 32.1. The molecule has 0 atom stereocenters. The van der Waals surface area contributed by atoms with Crippen molar-refractivity contribution in [1.82, 2.24) is 0 Å². The Hall–Kier alpha value is -0.630. The third-order valence-electron chi connectivity index (χ3n) is 3.33. The maximum atomic E-state index is 12.3. The summed E-state index contributed by atoms with van der Waals surface area (Å²) in [4.78, 5) is 13.3. The van der Waals surface area contributed by atoms with Crippen LogP contribution in [-0.2, 0) is 6.42 Å². The highest BCUT2D eigenvalue weighted by Crippen LogP contribution is 2.30. The van der Waals surface area contributed by atoms with Gasteiger partial charge in [0.2, 0.25) is 0 Å². The zero-order chi connectivity index (χ0) is 10.7. The highest BCUT2D eigenvalue weighted by molar-refractivity contribution is 7.12. The maximum Gasteiger partial charge on any atom is 0.176 e. The second-order valence-electron chi connectivity index (χ2n) is 4.33. The van der Waals surface area contributed by atoms with Gasteiger partial charge in [0.1, 0.15) is 0 Å². The lowest BCUT2D eigenvalue weighted by Crippen LogP contribution is -2.17. The van der Waals surface area contributed by atoms with Crippen LogP contribution < -0.4 is 0 Å². The van der Waals surface area contributed by atoms with Crippen LogP contribution >= 0.6 is 11.3 Å². The average Bonchev–Trinajstić information content (AvgIpc) is 2.77. The Bertz CT molecular complexity index is 334. The number of hydrogen-bond acceptors (Lipinski definition) is 2. The number of hydrogen-bond donors (Lipinski definition) is 0. The molecule has 1 aromatic rings. The van der Waals surface area contributed by atoms with E-state index in [9.17, 15) is 4.79 Å². The van der Waals surface area contributed by atoms with Gasteiger partial charge in [0.15, 0.2) is 5.78 Å². The molecule has 1 nitrogen and oxygen atoms in total. The predicted octanol–water partition coefficient (Wildman–Crippen LogP) is 4.07. The van der Waals surface area contributed by atoms with Crippen molar-refractivity contribution in [3.63, 3.8) is 0 Å². The topological polar surface area (TPSA) is 17.1 Å². The van der Waals surface area contributed by atoms with E-state index in [0.717, 1.165) is 24.1 Å². The van der Waals surface area contributed by atoms with E-state index >= 15 is 0 Å². The molecule has 15 heavy (non-hydrogen) atoms. The molecule has 1 saturated carbocycles. The van der Waals surface area contributed by atoms with Gasteiger partial charge < -0.3 is 0 Å². The minimum absolute atomic E-state index is 0.322. The number of rotatable bonds is 3. The van der Waals surface area contributed by atoms with Gasteiger partial charge in [-0.1, -0.05) is 26.2 Å². The first-order valence-electron chi connectivity index (χ1n) is 5.93. The van der Waals surface area contributed by atoms with Crippen LogP contribution in [-0.4, -0.2) is 5.78 Å². The summed E-state index contributed by atoms with van der Waals surface area (Å²) >= 11 is 1.63. The summed E-state index contributed by atoms with van der Waals surface area (Å²) in [6, 6.07) is 2.10. The third-order valence-corrected chi connectivity index (χ3v) is 4.30. The molecule has 0 aromatic carbocycles. The Balaban J connectivity index is 2.12. The van der Waals surface area contributed by atoms with Gasteiger partial charge in [-0.15, -0.1) is 11.3 Å². The fourth-order valence-corrected chi connectivity index (χ4v) is 3.40. The molecule has 1 fully saturated rings. The number of thiophene rings is 1. The normalized spacial score (nSPS) is 17.9. The second-order valence-corrected chi connectivity index (χ2v) is 5.24. The van der Waals surface area contributed by atoms with Crippen molar-refractivity contribution in [3.05, 3.63) is 21.9 Å². The quantitative estimate of drug-likeness (QED) is 0.704. The van der Waals surface area contributed by atoms with Crippen LogP contribution in [0.15, 0.2) is 11.4 Å². The zero-order valence-electron chi connectivity index (χ0n) is 9.29. The first-order valence-corrected chi connectivity index (χ1v) is 6.81. The molecule has 1 aliphatic rings. The van der Waals surface area contributed by atoms with E-state index in [1.165, 1.54) is 24.8 Å². The number of aryl methyl sites for hydroxylation is 1. The van der Waals surface area contributed by atoms with Crippen LogP contribution in [0.3, 0.4) is 0 Å². The van der Waals surface area contributed by atoms with Crippen LogP contribution in [0.1, 0.15) is 54.3 Å². The Morgan fingerprint density at radius 3 is 2.80 bits per heavy atom. The minimum Gasteiger partial charge on any atom is -0.293 e. The van der Waals surface area contributed by atoms with E-state index < -0.39 is 0 Å². The van der Waals surface area contributed by atoms with Gasteiger partial charge >= 0.3 is 0 Å². The third kappa shape index (κ3) is 2.31. The standard InChI is InChI=1S/C13H18OS/c1-2-10-8-9-15-13(10)12(14)11-6-4-3-5-7-11/h8-9,11H,2-7H2,1H3. The molecule has 1 aromatic heterocycles. The molecule has 0 aliphatic heterocycles. The monoisotopic (exact) mass is 222 g/mol. The van der Waals surface area contributed by atoms with Crippen molar-refractivity contribution in [2.45, 2.75) is 45.4 Å². The Morgan fingerprint density at radius 1 is 1.40 bits per heavy atom. The molecule has 1 heterocycles. The summed E-state index contributed by atoms with van der Waals surface area (Å²) in [5.74, 6) is 0.740. The van der Waals surface area contributed by atoms with Gasteiger partial charge in [-0.25, -0.2) is 0 Å². The first kappa shape index (κ1) is 10.9. The van der Waals surface area contributed by atoms with Crippen LogP contribution in [0, 0.1) is 5.92 Å². The summed E-state index contributed by atoms with van der Waals surface area (Å²) in [5.41, 5.74) is 1.25. The molecule has 0 saturated heterocycles. The smallest absolute Gasteiger partial charge is 0.176 e. The van der Waals surface area contributed by atoms with E-state index in [-0.39, 0.29) is 0 Å². The lowest BCUT2D eigenvalue weighted by molar-refractivity contribution is 0.0893. The molecule has 82 valence electrons. The number of Topliss-reactive ketones (excluding diaryl/α,β-unsaturated/α-hetero) is 1. The Kier molecular flexibility index (Phi) is 3.57. The van der Waals surface area contributed by atoms with Crippen molar-refractivity contribution < 1.29 is 4.79 Å². The molecule has 0 unspecified atom stereocenters. The second kappa shape index (κ2) is 4.93. The van der Waals surface area contributed by atoms with Gasteiger partial charge in [-0.3, -0.25) is 4.79 Å². The summed E-state index contributed by atoms with van der Waals surface area (Å²) < 4.78 is 0. The molecule has 2 rings (SSSR count). The summed E-state index contributed by atoms with van der Waals surface area (Å²) in [7, 11) is 0. The predicted molar refractivity (Wildman–Crippen MR) is 64.6 cm³/mol. The summed E-state index contributed by atoms with van der Waals surface area (Å²) in [5, 5.41) is 2.05. The minimum atomic E-state index is 0.322. The molecular weight excluding hydrogens is 204 g/mol. The van der Waals surface area contributed by atoms with Gasteiger partial charge in [0.25, 0.3) is 0 Å². The molecule has 0 spiro atoms. The number of ketones is 1. The van der Waals surface area contributed by atoms with Crippen molar-refractivity contribution >= 4 is 17.1 Å². The molecule has 0 N–H and O–H groups in total. The highest BCUT2D eigenvalue weighted by Gasteiger charge is 2.24. The van der Waals surface area contributed by atoms with Crippen molar-refractivity contribution in [1.29, 1.82) is 0 Å². The van der Waals surface area contributed by atoms with Crippen molar-refractivity contribution in [3.8, 4) is 0 Å². The maximum absolute atomic E-state index is 12.3. The molecule has 2 heteroatoms. The van der Waals surface area contributed by atoms with E-state index in [2.05, 4.69) is 18.4 Å². The Labute approximate surface area is 95.5 Å². The van der Waals surface area contributed by atoms with E-state index in [1.54, 1.807) is 11.3 Å². The Morgan fingerprint density at radius 2 is 2.13 bits per heavy atom. The lowest BCUT2D eigenvalue weighted by atomic mass is 9.85. The van der Waals surface area contributed by atoms with Gasteiger partial charge in [0.05, 0.1) is 4.88 Å². The van der Waals surface area contributed by atoms with Gasteiger partial charge in [0, 0.05) is 5.92 Å². The fourth-order valence-electron chi connectivity index (χ4n) is 2.38. The number of carbonyl (C=O) groups excluding carboxylic acids is 1. The summed E-state index contributed by atoms with van der Waals surface area (Å²) in [6.45, 7) is 2.12. The van der Waals surface area contributed by atoms with Crippen LogP contribution in [0.4, 0.5) is 0 Å². The SMILES string of the molecule is CCc1ccsc1C(=O)C1CCCCC1. The fraction of sp³-hybridized carbons (Fsp3) is 0.615. The van der Waals surface area contributed by atoms with Crippen molar-refractivity contribution in [2.24, 2.45) is 5.92 Å². The largest absolute Gasteiger partial charge is 0.293 e. The molecule has 0 amide bonds. The van der Waals surface area contributed by atoms with E-state index in [0.29, 0.717) is 11.7 Å². The van der Waals surface area contributed by atoms with Crippen LogP contribution in [0.5, 0.6) is 0 Å².